The molecule has 6 nitrogen and oxygen atoms in total. The highest BCUT2D eigenvalue weighted by Gasteiger charge is 2.18. The number of ether oxygens (including phenoxy) is 2. The number of rotatable bonds is 4. The van der Waals surface area contributed by atoms with Crippen LogP contribution in [0.25, 0.3) is 0 Å². The number of methoxy groups -OCH3 is 2. The van der Waals surface area contributed by atoms with Crippen LogP contribution in [0.15, 0.2) is 12.1 Å². The predicted molar refractivity (Wildman–Crippen MR) is 68.4 cm³/mol. The molecular weight excluding hydrogens is 250 g/mol. The van der Waals surface area contributed by atoms with Gasteiger partial charge in [-0.2, -0.15) is 0 Å². The van der Waals surface area contributed by atoms with Gasteiger partial charge in [-0.25, -0.2) is 4.79 Å². The molecule has 0 radical (unpaired) electrons. The van der Waals surface area contributed by atoms with Crippen molar-refractivity contribution in [2.75, 3.05) is 21.3 Å². The molecule has 1 amide bonds. The number of hydrogen-bond donors (Lipinski definition) is 1. The summed E-state index contributed by atoms with van der Waals surface area (Å²) < 4.78 is 10.3. The van der Waals surface area contributed by atoms with E-state index in [0.29, 0.717) is 11.5 Å². The third kappa shape index (κ3) is 3.37. The van der Waals surface area contributed by atoms with Crippen molar-refractivity contribution in [3.8, 4) is 11.5 Å². The minimum atomic E-state index is -1.47. The zero-order chi connectivity index (χ0) is 14.6. The maximum Gasteiger partial charge on any atom is 0.394 e. The van der Waals surface area contributed by atoms with Crippen LogP contribution >= 0.6 is 0 Å². The number of amides is 1. The van der Waals surface area contributed by atoms with E-state index in [1.165, 1.54) is 21.3 Å². The molecule has 0 heterocycles. The number of nitrogens with zero attached hydrogens (tertiary/aromatic N) is 1. The number of benzene rings is 1. The minimum absolute atomic E-state index is 0.192. The minimum Gasteiger partial charge on any atom is -0.493 e. The van der Waals surface area contributed by atoms with Gasteiger partial charge in [0.25, 0.3) is 0 Å². The van der Waals surface area contributed by atoms with Crippen LogP contribution in [-0.2, 0) is 16.1 Å². The SMILES string of the molecule is COc1cc(C)c(CN(C)C(=O)C(=O)O)cc1OC. The van der Waals surface area contributed by atoms with E-state index < -0.39 is 11.9 Å². The molecule has 1 rings (SSSR count). The summed E-state index contributed by atoms with van der Waals surface area (Å²) in [6, 6.07) is 3.52. The van der Waals surface area contributed by atoms with Crippen LogP contribution in [0.2, 0.25) is 0 Å². The van der Waals surface area contributed by atoms with Crippen LogP contribution < -0.4 is 9.47 Å². The fraction of sp³-hybridized carbons (Fsp3) is 0.385. The van der Waals surface area contributed by atoms with Crippen molar-refractivity contribution in [2.24, 2.45) is 0 Å². The van der Waals surface area contributed by atoms with E-state index in [9.17, 15) is 9.59 Å². The van der Waals surface area contributed by atoms with E-state index in [4.69, 9.17) is 14.6 Å². The van der Waals surface area contributed by atoms with Gasteiger partial charge in [-0.1, -0.05) is 0 Å². The van der Waals surface area contributed by atoms with Crippen LogP contribution in [0.3, 0.4) is 0 Å². The molecular formula is C13H17NO5. The maximum absolute atomic E-state index is 11.3. The summed E-state index contributed by atoms with van der Waals surface area (Å²) in [5.41, 5.74) is 1.69. The van der Waals surface area contributed by atoms with Gasteiger partial charge in [0.1, 0.15) is 0 Å². The lowest BCUT2D eigenvalue weighted by Gasteiger charge is -2.18. The highest BCUT2D eigenvalue weighted by Crippen LogP contribution is 2.30. The molecule has 0 aromatic heterocycles. The van der Waals surface area contributed by atoms with Crippen molar-refractivity contribution in [3.05, 3.63) is 23.3 Å². The Morgan fingerprint density at radius 1 is 1.21 bits per heavy atom. The molecule has 104 valence electrons. The number of hydrogen-bond acceptors (Lipinski definition) is 4. The largest absolute Gasteiger partial charge is 0.493 e. The highest BCUT2D eigenvalue weighted by atomic mass is 16.5. The van der Waals surface area contributed by atoms with E-state index in [1.807, 2.05) is 6.92 Å². The zero-order valence-electron chi connectivity index (χ0n) is 11.4. The van der Waals surface area contributed by atoms with Crippen molar-refractivity contribution in [1.82, 2.24) is 4.90 Å². The summed E-state index contributed by atoms with van der Waals surface area (Å²) in [6.45, 7) is 2.05. The molecule has 0 saturated carbocycles. The zero-order valence-corrected chi connectivity index (χ0v) is 11.4. The Morgan fingerprint density at radius 2 is 1.74 bits per heavy atom. The third-order valence-corrected chi connectivity index (χ3v) is 2.78. The molecule has 0 atom stereocenters. The molecule has 0 bridgehead atoms. The second-order valence-electron chi connectivity index (χ2n) is 4.10. The van der Waals surface area contributed by atoms with E-state index in [1.54, 1.807) is 12.1 Å². The van der Waals surface area contributed by atoms with Crippen LogP contribution in [0.4, 0.5) is 0 Å². The molecule has 0 spiro atoms. The Kier molecular flexibility index (Phi) is 4.74. The molecule has 0 aliphatic heterocycles. The summed E-state index contributed by atoms with van der Waals surface area (Å²) >= 11 is 0. The van der Waals surface area contributed by atoms with E-state index in [2.05, 4.69) is 0 Å². The number of carbonyl (C=O) groups is 2. The first-order valence-electron chi connectivity index (χ1n) is 5.60. The van der Waals surface area contributed by atoms with E-state index in [0.717, 1.165) is 16.0 Å². The molecule has 1 N–H and O–H groups in total. The van der Waals surface area contributed by atoms with Crippen molar-refractivity contribution in [3.63, 3.8) is 0 Å². The Hall–Kier alpha value is -2.24. The van der Waals surface area contributed by atoms with Crippen molar-refractivity contribution in [1.29, 1.82) is 0 Å². The fourth-order valence-corrected chi connectivity index (χ4v) is 1.68. The predicted octanol–water partition coefficient (Wildman–Crippen LogP) is 1.06. The van der Waals surface area contributed by atoms with Crippen molar-refractivity contribution in [2.45, 2.75) is 13.5 Å². The van der Waals surface area contributed by atoms with E-state index in [-0.39, 0.29) is 6.54 Å². The van der Waals surface area contributed by atoms with Gasteiger partial charge >= 0.3 is 11.9 Å². The molecule has 6 heteroatoms. The van der Waals surface area contributed by atoms with Gasteiger partial charge in [0, 0.05) is 13.6 Å². The van der Waals surface area contributed by atoms with E-state index >= 15 is 0 Å². The van der Waals surface area contributed by atoms with Crippen LogP contribution in [0.5, 0.6) is 11.5 Å². The second-order valence-corrected chi connectivity index (χ2v) is 4.10. The first-order valence-corrected chi connectivity index (χ1v) is 5.60. The second kappa shape index (κ2) is 6.08. The first-order chi connectivity index (χ1) is 8.90. The molecule has 0 aliphatic carbocycles. The average Bonchev–Trinajstić information content (AvgIpc) is 2.39. The van der Waals surface area contributed by atoms with Crippen LogP contribution in [-0.4, -0.2) is 43.2 Å². The number of carboxylic acid groups (broad SMARTS) is 1. The normalized spacial score (nSPS) is 9.89. The van der Waals surface area contributed by atoms with Gasteiger partial charge in [0.05, 0.1) is 14.2 Å². The molecule has 1 aromatic rings. The standard InChI is InChI=1S/C13H17NO5/c1-8-5-10(18-3)11(19-4)6-9(8)7-14(2)12(15)13(16)17/h5-6H,7H2,1-4H3,(H,16,17). The molecule has 1 aromatic carbocycles. The summed E-state index contributed by atoms with van der Waals surface area (Å²) in [5, 5.41) is 8.65. The Balaban J connectivity index is 3.01. The summed E-state index contributed by atoms with van der Waals surface area (Å²) in [6.07, 6.45) is 0. The third-order valence-electron chi connectivity index (χ3n) is 2.78. The maximum atomic E-state index is 11.3. The summed E-state index contributed by atoms with van der Waals surface area (Å²) in [4.78, 5) is 23.0. The number of aliphatic carboxylic acids is 1. The lowest BCUT2D eigenvalue weighted by atomic mass is 10.1. The van der Waals surface area contributed by atoms with Gasteiger partial charge in [-0.3, -0.25) is 4.79 Å². The smallest absolute Gasteiger partial charge is 0.394 e. The molecule has 0 saturated heterocycles. The topological polar surface area (TPSA) is 76.1 Å². The molecule has 0 unspecified atom stereocenters. The van der Waals surface area contributed by atoms with Gasteiger partial charge in [0.15, 0.2) is 11.5 Å². The quantitative estimate of drug-likeness (QED) is 0.825. The molecule has 19 heavy (non-hydrogen) atoms. The molecule has 0 aliphatic rings. The summed E-state index contributed by atoms with van der Waals surface area (Å²) in [7, 11) is 4.49. The fourth-order valence-electron chi connectivity index (χ4n) is 1.68. The van der Waals surface area contributed by atoms with Crippen molar-refractivity contribution < 1.29 is 24.2 Å². The van der Waals surface area contributed by atoms with Gasteiger partial charge in [-0.15, -0.1) is 0 Å². The number of likely N-dealkylation sites (N-methyl/N-ethyl adjacent to an activating group) is 1. The van der Waals surface area contributed by atoms with Gasteiger partial charge in [-0.05, 0) is 30.2 Å². The monoisotopic (exact) mass is 267 g/mol. The Labute approximate surface area is 111 Å². The molecule has 0 fully saturated rings. The lowest BCUT2D eigenvalue weighted by Crippen LogP contribution is -2.32. The number of carbonyl (C=O) groups excluding carboxylic acids is 1. The van der Waals surface area contributed by atoms with Gasteiger partial charge < -0.3 is 19.5 Å². The van der Waals surface area contributed by atoms with Crippen LogP contribution in [0.1, 0.15) is 11.1 Å². The Morgan fingerprint density at radius 3 is 2.21 bits per heavy atom. The van der Waals surface area contributed by atoms with Crippen LogP contribution in [0, 0.1) is 6.92 Å². The van der Waals surface area contributed by atoms with Crippen molar-refractivity contribution >= 4 is 11.9 Å². The van der Waals surface area contributed by atoms with Gasteiger partial charge in [0.2, 0.25) is 0 Å². The first kappa shape index (κ1) is 14.8. The lowest BCUT2D eigenvalue weighted by molar-refractivity contribution is -0.155. The number of carboxylic acids is 1. The number of aryl methyl sites for hydroxylation is 1. The summed E-state index contributed by atoms with van der Waals surface area (Å²) in [5.74, 6) is -1.29. The Bertz CT molecular complexity index is 498. The average molecular weight is 267 g/mol. The highest BCUT2D eigenvalue weighted by molar-refractivity contribution is 6.31.